The number of thioether (sulfide) groups is 1. The van der Waals surface area contributed by atoms with E-state index in [1.54, 1.807) is 6.26 Å². The first-order valence-electron chi connectivity index (χ1n) is 5.52. The summed E-state index contributed by atoms with van der Waals surface area (Å²) in [6.07, 6.45) is 4.53. The Kier molecular flexibility index (Phi) is 5.07. The lowest BCUT2D eigenvalue weighted by Gasteiger charge is -2.04. The number of carbonyl (C=O) groups excluding carboxylic acids is 1. The fraction of sp³-hybridized carbons (Fsp3) is 0.167. The number of carbonyl (C=O) groups is 1. The number of ether oxygens (including phenoxy) is 1. The predicted molar refractivity (Wildman–Crippen MR) is 84.8 cm³/mol. The van der Waals surface area contributed by atoms with E-state index in [-0.39, 0.29) is 14.7 Å². The molecule has 0 unspecified atom stereocenters. The summed E-state index contributed by atoms with van der Waals surface area (Å²) in [5, 5.41) is 0. The summed E-state index contributed by atoms with van der Waals surface area (Å²) in [5.74, 6) is -0.552. The summed E-state index contributed by atoms with van der Waals surface area (Å²) in [5.41, 5.74) is 0. The number of sulfone groups is 1. The van der Waals surface area contributed by atoms with Crippen LogP contribution in [0.25, 0.3) is 0 Å². The number of thiophene rings is 1. The van der Waals surface area contributed by atoms with E-state index in [9.17, 15) is 13.2 Å². The van der Waals surface area contributed by atoms with Gasteiger partial charge in [0.25, 0.3) is 0 Å². The predicted octanol–water partition coefficient (Wildman–Crippen LogP) is 3.25. The fourth-order valence-corrected chi connectivity index (χ4v) is 5.97. The van der Waals surface area contributed by atoms with Gasteiger partial charge in [-0.05, 0) is 34.3 Å². The second-order valence-corrected chi connectivity index (χ2v) is 8.76. The largest absolute Gasteiger partial charge is 0.465 e. The van der Waals surface area contributed by atoms with Crippen molar-refractivity contribution in [1.82, 2.24) is 4.98 Å². The molecule has 9 heteroatoms. The van der Waals surface area contributed by atoms with Crippen molar-refractivity contribution in [2.75, 3.05) is 13.4 Å². The Morgan fingerprint density at radius 2 is 2.10 bits per heavy atom. The second kappa shape index (κ2) is 6.47. The highest BCUT2D eigenvalue weighted by Gasteiger charge is 2.26. The Morgan fingerprint density at radius 1 is 1.38 bits per heavy atom. The maximum Gasteiger partial charge on any atom is 0.348 e. The van der Waals surface area contributed by atoms with Gasteiger partial charge in [-0.2, -0.15) is 0 Å². The van der Waals surface area contributed by atoms with Gasteiger partial charge < -0.3 is 4.74 Å². The fourth-order valence-electron chi connectivity index (χ4n) is 1.55. The molecule has 0 aromatic carbocycles. The molecular formula is C12H10BrNO4S3. The molecule has 0 radical (unpaired) electrons. The average molecular weight is 408 g/mol. The Bertz CT molecular complexity index is 786. The van der Waals surface area contributed by atoms with E-state index in [4.69, 9.17) is 0 Å². The standard InChI is InChI=1S/C12H10BrNO4S3/c1-18-11(15)9-4-10(12(19-2)20-9)21(16,17)8-3-7(13)5-14-6-8/h3-6H,1-2H3. The lowest BCUT2D eigenvalue weighted by Crippen LogP contribution is -2.03. The van der Waals surface area contributed by atoms with Crippen molar-refractivity contribution >= 4 is 54.8 Å². The van der Waals surface area contributed by atoms with Gasteiger partial charge >= 0.3 is 5.97 Å². The monoisotopic (exact) mass is 407 g/mol. The van der Waals surface area contributed by atoms with Crippen molar-refractivity contribution in [2.24, 2.45) is 0 Å². The minimum Gasteiger partial charge on any atom is -0.465 e. The molecule has 0 spiro atoms. The molecule has 0 aliphatic rings. The molecule has 2 rings (SSSR count). The molecule has 0 aliphatic heterocycles. The summed E-state index contributed by atoms with van der Waals surface area (Å²) < 4.78 is 31.1. The summed E-state index contributed by atoms with van der Waals surface area (Å²) in [6, 6.07) is 2.82. The van der Waals surface area contributed by atoms with Crippen LogP contribution in [0.4, 0.5) is 0 Å². The van der Waals surface area contributed by atoms with Gasteiger partial charge in [-0.1, -0.05) is 0 Å². The molecule has 2 aromatic rings. The van der Waals surface area contributed by atoms with Crippen LogP contribution in [0.2, 0.25) is 0 Å². The molecule has 112 valence electrons. The minimum atomic E-state index is -3.74. The molecular weight excluding hydrogens is 398 g/mol. The summed E-state index contributed by atoms with van der Waals surface area (Å²) in [6.45, 7) is 0. The number of hydrogen-bond donors (Lipinski definition) is 0. The first-order valence-corrected chi connectivity index (χ1v) is 9.83. The van der Waals surface area contributed by atoms with Crippen LogP contribution in [0.3, 0.4) is 0 Å². The molecule has 0 N–H and O–H groups in total. The van der Waals surface area contributed by atoms with Gasteiger partial charge in [0.05, 0.1) is 21.1 Å². The van der Waals surface area contributed by atoms with Crippen LogP contribution >= 0.6 is 39.0 Å². The summed E-state index contributed by atoms with van der Waals surface area (Å²) >= 11 is 5.56. The number of nitrogens with zero attached hydrogens (tertiary/aromatic N) is 1. The molecule has 0 amide bonds. The van der Waals surface area contributed by atoms with Crippen LogP contribution in [0, 0.1) is 0 Å². The molecule has 2 aromatic heterocycles. The third kappa shape index (κ3) is 3.31. The smallest absolute Gasteiger partial charge is 0.348 e. The minimum absolute atomic E-state index is 0.0707. The topological polar surface area (TPSA) is 73.3 Å². The van der Waals surface area contributed by atoms with Crippen molar-refractivity contribution in [3.63, 3.8) is 0 Å². The Labute approximate surface area is 138 Å². The van der Waals surface area contributed by atoms with Gasteiger partial charge in [-0.15, -0.1) is 23.1 Å². The third-order valence-electron chi connectivity index (χ3n) is 2.52. The van der Waals surface area contributed by atoms with Crippen LogP contribution in [-0.4, -0.2) is 32.7 Å². The number of hydrogen-bond acceptors (Lipinski definition) is 7. The molecule has 0 atom stereocenters. The van der Waals surface area contributed by atoms with Crippen LogP contribution in [0.1, 0.15) is 9.67 Å². The van der Waals surface area contributed by atoms with E-state index in [1.165, 1.54) is 43.4 Å². The zero-order chi connectivity index (χ0) is 15.6. The maximum absolute atomic E-state index is 12.7. The lowest BCUT2D eigenvalue weighted by atomic mass is 10.5. The van der Waals surface area contributed by atoms with Gasteiger partial charge in [-0.3, -0.25) is 4.98 Å². The van der Waals surface area contributed by atoms with Crippen molar-refractivity contribution in [3.8, 4) is 0 Å². The van der Waals surface area contributed by atoms with Gasteiger partial charge in [0.2, 0.25) is 9.84 Å². The van der Waals surface area contributed by atoms with Crippen molar-refractivity contribution < 1.29 is 17.9 Å². The average Bonchev–Trinajstić information content (AvgIpc) is 2.91. The SMILES string of the molecule is COC(=O)c1cc(S(=O)(=O)c2cncc(Br)c2)c(SC)s1. The van der Waals surface area contributed by atoms with Gasteiger partial charge in [0, 0.05) is 16.9 Å². The quantitative estimate of drug-likeness (QED) is 0.571. The van der Waals surface area contributed by atoms with Crippen LogP contribution in [0.5, 0.6) is 0 Å². The number of halogens is 1. The molecule has 2 heterocycles. The Morgan fingerprint density at radius 3 is 2.67 bits per heavy atom. The normalized spacial score (nSPS) is 11.4. The Hall–Kier alpha value is -0.900. The highest BCUT2D eigenvalue weighted by Crippen LogP contribution is 2.37. The van der Waals surface area contributed by atoms with Crippen molar-refractivity contribution in [1.29, 1.82) is 0 Å². The summed E-state index contributed by atoms with van der Waals surface area (Å²) in [4.78, 5) is 15.9. The van der Waals surface area contributed by atoms with Crippen LogP contribution < -0.4 is 0 Å². The number of esters is 1. The van der Waals surface area contributed by atoms with E-state index in [2.05, 4.69) is 25.7 Å². The molecule has 0 saturated carbocycles. The van der Waals surface area contributed by atoms with Crippen LogP contribution in [0.15, 0.2) is 43.0 Å². The molecule has 0 aliphatic carbocycles. The molecule has 5 nitrogen and oxygen atoms in total. The number of pyridine rings is 1. The molecule has 0 saturated heterocycles. The summed E-state index contributed by atoms with van der Waals surface area (Å²) in [7, 11) is -2.48. The van der Waals surface area contributed by atoms with Gasteiger partial charge in [0.15, 0.2) is 0 Å². The van der Waals surface area contributed by atoms with Gasteiger partial charge in [0.1, 0.15) is 4.88 Å². The Balaban J connectivity index is 2.59. The number of methoxy groups -OCH3 is 1. The first kappa shape index (κ1) is 16.5. The second-order valence-electron chi connectivity index (χ2n) is 3.80. The van der Waals surface area contributed by atoms with E-state index in [1.807, 2.05) is 0 Å². The van der Waals surface area contributed by atoms with Crippen LogP contribution in [-0.2, 0) is 14.6 Å². The molecule has 0 fully saturated rings. The number of rotatable bonds is 4. The highest BCUT2D eigenvalue weighted by atomic mass is 79.9. The highest BCUT2D eigenvalue weighted by molar-refractivity contribution is 9.10. The van der Waals surface area contributed by atoms with E-state index < -0.39 is 15.8 Å². The molecule has 21 heavy (non-hydrogen) atoms. The van der Waals surface area contributed by atoms with E-state index in [0.717, 1.165) is 11.3 Å². The number of aromatic nitrogens is 1. The van der Waals surface area contributed by atoms with Crippen molar-refractivity contribution in [2.45, 2.75) is 14.0 Å². The van der Waals surface area contributed by atoms with Gasteiger partial charge in [-0.25, -0.2) is 13.2 Å². The lowest BCUT2D eigenvalue weighted by molar-refractivity contribution is 0.0606. The zero-order valence-electron chi connectivity index (χ0n) is 11.0. The zero-order valence-corrected chi connectivity index (χ0v) is 15.0. The third-order valence-corrected chi connectivity index (χ3v) is 7.21. The maximum atomic E-state index is 12.7. The molecule has 0 bridgehead atoms. The van der Waals surface area contributed by atoms with E-state index in [0.29, 0.717) is 8.68 Å². The van der Waals surface area contributed by atoms with Crippen molar-refractivity contribution in [3.05, 3.63) is 33.9 Å². The van der Waals surface area contributed by atoms with E-state index >= 15 is 0 Å². The first-order chi connectivity index (χ1) is 9.90.